The molecule has 2 rings (SSSR count). The van der Waals surface area contributed by atoms with Crippen LogP contribution in [0.2, 0.25) is 0 Å². The van der Waals surface area contributed by atoms with Crippen LogP contribution in [0.25, 0.3) is 10.9 Å². The summed E-state index contributed by atoms with van der Waals surface area (Å²) in [4.78, 5) is 0. The normalized spacial score (nSPS) is 12.8. The standard InChI is InChI=1S/C14H20N2O2/c1-3-18-11(9-15)10-16-8-7-12-13(16)5-4-6-14(12)17-2/h4-8,11H,3,9-10,15H2,1-2H3. The lowest BCUT2D eigenvalue weighted by atomic mass is 10.2. The summed E-state index contributed by atoms with van der Waals surface area (Å²) in [6, 6.07) is 8.11. The Labute approximate surface area is 107 Å². The van der Waals surface area contributed by atoms with E-state index in [2.05, 4.69) is 22.9 Å². The van der Waals surface area contributed by atoms with Gasteiger partial charge in [-0.1, -0.05) is 6.07 Å². The molecule has 0 aliphatic carbocycles. The van der Waals surface area contributed by atoms with Gasteiger partial charge in [0.15, 0.2) is 0 Å². The average Bonchev–Trinajstić information content (AvgIpc) is 2.81. The smallest absolute Gasteiger partial charge is 0.128 e. The molecule has 18 heavy (non-hydrogen) atoms. The van der Waals surface area contributed by atoms with E-state index in [9.17, 15) is 0 Å². The van der Waals surface area contributed by atoms with Gasteiger partial charge in [0.2, 0.25) is 0 Å². The van der Waals surface area contributed by atoms with Crippen LogP contribution in [0.4, 0.5) is 0 Å². The van der Waals surface area contributed by atoms with Crippen LogP contribution < -0.4 is 10.5 Å². The summed E-state index contributed by atoms with van der Waals surface area (Å²) >= 11 is 0. The fourth-order valence-corrected chi connectivity index (χ4v) is 2.18. The van der Waals surface area contributed by atoms with E-state index in [1.807, 2.05) is 19.1 Å². The molecule has 0 saturated heterocycles. The number of nitrogens with two attached hydrogens (primary N) is 1. The lowest BCUT2D eigenvalue weighted by Gasteiger charge is -2.16. The number of hydrogen-bond acceptors (Lipinski definition) is 3. The summed E-state index contributed by atoms with van der Waals surface area (Å²) in [5, 5.41) is 1.12. The Morgan fingerprint density at radius 2 is 2.17 bits per heavy atom. The van der Waals surface area contributed by atoms with E-state index in [0.29, 0.717) is 13.2 Å². The largest absolute Gasteiger partial charge is 0.496 e. The molecule has 1 heterocycles. The van der Waals surface area contributed by atoms with Crippen molar-refractivity contribution < 1.29 is 9.47 Å². The Morgan fingerprint density at radius 3 is 2.83 bits per heavy atom. The van der Waals surface area contributed by atoms with Gasteiger partial charge in [0.05, 0.1) is 25.3 Å². The van der Waals surface area contributed by atoms with Crippen molar-refractivity contribution in [2.24, 2.45) is 5.73 Å². The number of fused-ring (bicyclic) bond motifs is 1. The zero-order chi connectivity index (χ0) is 13.0. The first-order chi connectivity index (χ1) is 8.80. The second kappa shape index (κ2) is 5.89. The van der Waals surface area contributed by atoms with E-state index in [0.717, 1.165) is 23.2 Å². The molecule has 1 aromatic heterocycles. The van der Waals surface area contributed by atoms with Crippen LogP contribution in [0.3, 0.4) is 0 Å². The molecule has 0 saturated carbocycles. The Morgan fingerprint density at radius 1 is 1.33 bits per heavy atom. The van der Waals surface area contributed by atoms with Crippen LogP contribution in [0.1, 0.15) is 6.92 Å². The van der Waals surface area contributed by atoms with Gasteiger partial charge in [-0.15, -0.1) is 0 Å². The van der Waals surface area contributed by atoms with Gasteiger partial charge in [-0.25, -0.2) is 0 Å². The van der Waals surface area contributed by atoms with Gasteiger partial charge in [-0.2, -0.15) is 0 Å². The van der Waals surface area contributed by atoms with Crippen molar-refractivity contribution in [1.29, 1.82) is 0 Å². The molecule has 0 bridgehead atoms. The van der Waals surface area contributed by atoms with Crippen molar-refractivity contribution in [3.63, 3.8) is 0 Å². The highest BCUT2D eigenvalue weighted by atomic mass is 16.5. The number of aromatic nitrogens is 1. The number of ether oxygens (including phenoxy) is 2. The van der Waals surface area contributed by atoms with E-state index >= 15 is 0 Å². The Kier molecular flexibility index (Phi) is 4.23. The van der Waals surface area contributed by atoms with Crippen LogP contribution in [0.15, 0.2) is 30.5 Å². The molecule has 0 aliphatic heterocycles. The van der Waals surface area contributed by atoms with Crippen LogP contribution in [0, 0.1) is 0 Å². The highest BCUT2D eigenvalue weighted by Crippen LogP contribution is 2.26. The second-order valence-electron chi connectivity index (χ2n) is 4.17. The number of benzene rings is 1. The molecular formula is C14H20N2O2. The molecule has 0 spiro atoms. The third kappa shape index (κ3) is 2.49. The first-order valence-electron chi connectivity index (χ1n) is 6.23. The average molecular weight is 248 g/mol. The van der Waals surface area contributed by atoms with Crippen LogP contribution >= 0.6 is 0 Å². The molecule has 2 N–H and O–H groups in total. The zero-order valence-electron chi connectivity index (χ0n) is 10.9. The van der Waals surface area contributed by atoms with E-state index in [4.69, 9.17) is 15.2 Å². The van der Waals surface area contributed by atoms with Gasteiger partial charge in [0.1, 0.15) is 5.75 Å². The summed E-state index contributed by atoms with van der Waals surface area (Å²) in [5.41, 5.74) is 6.86. The summed E-state index contributed by atoms with van der Waals surface area (Å²) in [5.74, 6) is 0.895. The highest BCUT2D eigenvalue weighted by molar-refractivity contribution is 5.86. The molecule has 1 aromatic carbocycles. The first kappa shape index (κ1) is 12.9. The van der Waals surface area contributed by atoms with Crippen molar-refractivity contribution in [1.82, 2.24) is 4.57 Å². The quantitative estimate of drug-likeness (QED) is 0.850. The Balaban J connectivity index is 2.29. The number of nitrogens with zero attached hydrogens (tertiary/aromatic N) is 1. The van der Waals surface area contributed by atoms with Crippen molar-refractivity contribution in [2.75, 3.05) is 20.3 Å². The molecule has 0 aliphatic rings. The number of hydrogen-bond donors (Lipinski definition) is 1. The molecule has 1 atom stereocenters. The summed E-state index contributed by atoms with van der Waals surface area (Å²) in [6.45, 7) is 3.96. The number of methoxy groups -OCH3 is 1. The Bertz CT molecular complexity index is 507. The molecule has 4 heteroatoms. The summed E-state index contributed by atoms with van der Waals surface area (Å²) in [7, 11) is 1.69. The van der Waals surface area contributed by atoms with Crippen molar-refractivity contribution >= 4 is 10.9 Å². The van der Waals surface area contributed by atoms with E-state index in [-0.39, 0.29) is 6.10 Å². The monoisotopic (exact) mass is 248 g/mol. The van der Waals surface area contributed by atoms with E-state index < -0.39 is 0 Å². The second-order valence-corrected chi connectivity index (χ2v) is 4.17. The van der Waals surface area contributed by atoms with Crippen molar-refractivity contribution in [2.45, 2.75) is 19.6 Å². The van der Waals surface area contributed by atoms with Crippen LogP contribution in [-0.4, -0.2) is 30.9 Å². The molecule has 0 radical (unpaired) electrons. The van der Waals surface area contributed by atoms with Gasteiger partial charge >= 0.3 is 0 Å². The van der Waals surface area contributed by atoms with E-state index in [1.54, 1.807) is 7.11 Å². The summed E-state index contributed by atoms with van der Waals surface area (Å²) in [6.07, 6.45) is 2.10. The maximum Gasteiger partial charge on any atom is 0.128 e. The fraction of sp³-hybridized carbons (Fsp3) is 0.429. The maximum atomic E-state index is 5.71. The summed E-state index contributed by atoms with van der Waals surface area (Å²) < 4.78 is 13.1. The molecule has 2 aromatic rings. The molecule has 1 unspecified atom stereocenters. The van der Waals surface area contributed by atoms with Gasteiger partial charge in [0, 0.05) is 24.7 Å². The topological polar surface area (TPSA) is 49.4 Å². The van der Waals surface area contributed by atoms with Gasteiger partial charge < -0.3 is 19.8 Å². The van der Waals surface area contributed by atoms with Gasteiger partial charge in [0.25, 0.3) is 0 Å². The molecule has 4 nitrogen and oxygen atoms in total. The predicted octanol–water partition coefficient (Wildman–Crippen LogP) is 2.01. The van der Waals surface area contributed by atoms with Gasteiger partial charge in [-0.3, -0.25) is 0 Å². The Hall–Kier alpha value is -1.52. The third-order valence-corrected chi connectivity index (χ3v) is 3.06. The highest BCUT2D eigenvalue weighted by Gasteiger charge is 2.10. The lowest BCUT2D eigenvalue weighted by molar-refractivity contribution is 0.0576. The van der Waals surface area contributed by atoms with Crippen LogP contribution in [-0.2, 0) is 11.3 Å². The SMILES string of the molecule is CCOC(CN)Cn1ccc2c(OC)cccc21. The molecule has 0 fully saturated rings. The van der Waals surface area contributed by atoms with Crippen molar-refractivity contribution in [3.05, 3.63) is 30.5 Å². The number of rotatable bonds is 6. The first-order valence-corrected chi connectivity index (χ1v) is 6.23. The zero-order valence-corrected chi connectivity index (χ0v) is 10.9. The molecular weight excluding hydrogens is 228 g/mol. The predicted molar refractivity (Wildman–Crippen MR) is 73.0 cm³/mol. The molecule has 98 valence electrons. The lowest BCUT2D eigenvalue weighted by Crippen LogP contribution is -2.28. The van der Waals surface area contributed by atoms with Gasteiger partial charge in [-0.05, 0) is 25.1 Å². The van der Waals surface area contributed by atoms with Crippen molar-refractivity contribution in [3.8, 4) is 5.75 Å². The minimum Gasteiger partial charge on any atom is -0.496 e. The third-order valence-electron chi connectivity index (χ3n) is 3.06. The fourth-order valence-electron chi connectivity index (χ4n) is 2.18. The minimum atomic E-state index is 0.0526. The van der Waals surface area contributed by atoms with Crippen LogP contribution in [0.5, 0.6) is 5.75 Å². The van der Waals surface area contributed by atoms with E-state index in [1.165, 1.54) is 0 Å². The molecule has 0 amide bonds. The maximum absolute atomic E-state index is 5.71. The minimum absolute atomic E-state index is 0.0526.